The number of rotatable bonds is 0. The summed E-state index contributed by atoms with van der Waals surface area (Å²) in [6.07, 6.45) is 5.82. The Morgan fingerprint density at radius 2 is 2.20 bits per heavy atom. The van der Waals surface area contributed by atoms with E-state index in [0.717, 1.165) is 19.4 Å². The number of hydrogen-bond donors (Lipinski definition) is 2. The van der Waals surface area contributed by atoms with Crippen LogP contribution in [0, 0.1) is 0 Å². The van der Waals surface area contributed by atoms with E-state index in [-0.39, 0.29) is 6.10 Å². The van der Waals surface area contributed by atoms with Gasteiger partial charge >= 0.3 is 0 Å². The van der Waals surface area contributed by atoms with Crippen LogP contribution in [0.25, 0.3) is 0 Å². The lowest BCUT2D eigenvalue weighted by atomic mass is 9.71. The molecule has 1 aliphatic carbocycles. The largest absolute Gasteiger partial charge is 0.393 e. The highest BCUT2D eigenvalue weighted by Crippen LogP contribution is 2.38. The number of piperidine rings is 1. The van der Waals surface area contributed by atoms with Crippen molar-refractivity contribution in [2.75, 3.05) is 6.54 Å². The molecule has 1 atom stereocenters. The first kappa shape index (κ1) is 6.62. The average Bonchev–Trinajstić information content (AvgIpc) is 1.85. The van der Waals surface area contributed by atoms with Crippen molar-refractivity contribution in [3.63, 3.8) is 0 Å². The average molecular weight is 141 g/mol. The van der Waals surface area contributed by atoms with Gasteiger partial charge in [0.1, 0.15) is 0 Å². The monoisotopic (exact) mass is 141 g/mol. The first-order valence-electron chi connectivity index (χ1n) is 4.24. The van der Waals surface area contributed by atoms with Crippen LogP contribution < -0.4 is 5.32 Å². The third-order valence-electron chi connectivity index (χ3n) is 2.91. The van der Waals surface area contributed by atoms with E-state index in [2.05, 4.69) is 5.32 Å². The predicted molar refractivity (Wildman–Crippen MR) is 39.8 cm³/mol. The summed E-state index contributed by atoms with van der Waals surface area (Å²) in [7, 11) is 0. The second-order valence-corrected chi connectivity index (χ2v) is 3.71. The lowest BCUT2D eigenvalue weighted by Gasteiger charge is -2.47. The quantitative estimate of drug-likeness (QED) is 0.519. The Morgan fingerprint density at radius 1 is 1.40 bits per heavy atom. The van der Waals surface area contributed by atoms with Gasteiger partial charge in [0.25, 0.3) is 0 Å². The molecule has 0 radical (unpaired) electrons. The van der Waals surface area contributed by atoms with E-state index >= 15 is 0 Å². The molecule has 2 rings (SSSR count). The molecular formula is C8H15NO. The van der Waals surface area contributed by atoms with Crippen LogP contribution in [0.4, 0.5) is 0 Å². The van der Waals surface area contributed by atoms with Crippen molar-refractivity contribution in [1.82, 2.24) is 5.32 Å². The van der Waals surface area contributed by atoms with Gasteiger partial charge in [0.2, 0.25) is 0 Å². The molecule has 0 unspecified atom stereocenters. The predicted octanol–water partition coefficient (Wildman–Crippen LogP) is 0.653. The van der Waals surface area contributed by atoms with E-state index in [9.17, 15) is 5.11 Å². The molecule has 1 aliphatic heterocycles. The van der Waals surface area contributed by atoms with Crippen LogP contribution in [0.1, 0.15) is 32.1 Å². The Morgan fingerprint density at radius 3 is 2.60 bits per heavy atom. The summed E-state index contributed by atoms with van der Waals surface area (Å²) < 4.78 is 0. The molecule has 0 amide bonds. The van der Waals surface area contributed by atoms with Crippen molar-refractivity contribution in [2.45, 2.75) is 43.7 Å². The maximum absolute atomic E-state index is 9.37. The Labute approximate surface area is 61.6 Å². The lowest BCUT2D eigenvalue weighted by Crippen LogP contribution is -2.56. The molecule has 2 nitrogen and oxygen atoms in total. The molecule has 2 N–H and O–H groups in total. The summed E-state index contributed by atoms with van der Waals surface area (Å²) in [5.74, 6) is 0. The van der Waals surface area contributed by atoms with Gasteiger partial charge in [-0.2, -0.15) is 0 Å². The highest BCUT2D eigenvalue weighted by atomic mass is 16.3. The van der Waals surface area contributed by atoms with Crippen molar-refractivity contribution >= 4 is 0 Å². The van der Waals surface area contributed by atoms with Crippen LogP contribution in [0.15, 0.2) is 0 Å². The summed E-state index contributed by atoms with van der Waals surface area (Å²) >= 11 is 0. The van der Waals surface area contributed by atoms with Gasteiger partial charge in [0.15, 0.2) is 0 Å². The van der Waals surface area contributed by atoms with E-state index < -0.39 is 0 Å². The highest BCUT2D eigenvalue weighted by molar-refractivity contribution is 4.99. The van der Waals surface area contributed by atoms with E-state index in [0.29, 0.717) is 5.54 Å². The van der Waals surface area contributed by atoms with Gasteiger partial charge in [-0.15, -0.1) is 0 Å². The van der Waals surface area contributed by atoms with Crippen molar-refractivity contribution in [2.24, 2.45) is 0 Å². The van der Waals surface area contributed by atoms with Crippen LogP contribution in [0.3, 0.4) is 0 Å². The van der Waals surface area contributed by atoms with Gasteiger partial charge in [-0.3, -0.25) is 0 Å². The summed E-state index contributed by atoms with van der Waals surface area (Å²) in [6, 6.07) is 0. The molecule has 2 fully saturated rings. The molecule has 10 heavy (non-hydrogen) atoms. The zero-order valence-corrected chi connectivity index (χ0v) is 6.27. The number of aliphatic hydroxyl groups excluding tert-OH is 1. The summed E-state index contributed by atoms with van der Waals surface area (Å²) in [4.78, 5) is 0. The molecule has 1 heterocycles. The van der Waals surface area contributed by atoms with Crippen molar-refractivity contribution in [3.05, 3.63) is 0 Å². The second-order valence-electron chi connectivity index (χ2n) is 3.71. The van der Waals surface area contributed by atoms with Gasteiger partial charge in [-0.05, 0) is 38.6 Å². The first-order valence-corrected chi connectivity index (χ1v) is 4.24. The molecule has 1 saturated carbocycles. The van der Waals surface area contributed by atoms with Crippen molar-refractivity contribution in [3.8, 4) is 0 Å². The zero-order valence-electron chi connectivity index (χ0n) is 6.27. The standard InChI is InChI=1S/C8H15NO/c10-7-2-5-9-8(6-7)3-1-4-8/h7,9-10H,1-6H2/t7-/m0/s1. The minimum atomic E-state index is -0.0263. The number of nitrogens with one attached hydrogen (secondary N) is 1. The summed E-state index contributed by atoms with van der Waals surface area (Å²) in [5, 5.41) is 12.9. The molecule has 58 valence electrons. The van der Waals surface area contributed by atoms with E-state index in [1.54, 1.807) is 0 Å². The first-order chi connectivity index (χ1) is 4.81. The molecular weight excluding hydrogens is 126 g/mol. The second kappa shape index (κ2) is 2.21. The Bertz CT molecular complexity index is 131. The summed E-state index contributed by atoms with van der Waals surface area (Å²) in [6.45, 7) is 1.02. The van der Waals surface area contributed by atoms with Gasteiger partial charge < -0.3 is 10.4 Å². The molecule has 0 aromatic carbocycles. The third kappa shape index (κ3) is 0.956. The highest BCUT2D eigenvalue weighted by Gasteiger charge is 2.40. The molecule has 1 saturated heterocycles. The third-order valence-corrected chi connectivity index (χ3v) is 2.91. The minimum Gasteiger partial charge on any atom is -0.393 e. The molecule has 0 aromatic rings. The number of hydrogen-bond acceptors (Lipinski definition) is 2. The fraction of sp³-hybridized carbons (Fsp3) is 1.00. The molecule has 2 heteroatoms. The Kier molecular flexibility index (Phi) is 1.46. The van der Waals surface area contributed by atoms with Crippen molar-refractivity contribution < 1.29 is 5.11 Å². The Balaban J connectivity index is 1.96. The molecule has 0 aromatic heterocycles. The minimum absolute atomic E-state index is 0.0263. The van der Waals surface area contributed by atoms with Crippen LogP contribution in [0.2, 0.25) is 0 Å². The maximum Gasteiger partial charge on any atom is 0.0569 e. The van der Waals surface area contributed by atoms with Gasteiger partial charge in [0.05, 0.1) is 6.10 Å². The fourth-order valence-electron chi connectivity index (χ4n) is 2.11. The molecule has 2 aliphatic rings. The van der Waals surface area contributed by atoms with Gasteiger partial charge in [0, 0.05) is 5.54 Å². The van der Waals surface area contributed by atoms with Crippen LogP contribution >= 0.6 is 0 Å². The summed E-state index contributed by atoms with van der Waals surface area (Å²) in [5.41, 5.74) is 0.373. The molecule has 0 bridgehead atoms. The topological polar surface area (TPSA) is 32.3 Å². The van der Waals surface area contributed by atoms with Crippen LogP contribution in [0.5, 0.6) is 0 Å². The number of aliphatic hydroxyl groups is 1. The Hall–Kier alpha value is -0.0800. The van der Waals surface area contributed by atoms with E-state index in [1.165, 1.54) is 19.3 Å². The normalized spacial score (nSPS) is 37.5. The fourth-order valence-corrected chi connectivity index (χ4v) is 2.11. The van der Waals surface area contributed by atoms with Crippen molar-refractivity contribution in [1.29, 1.82) is 0 Å². The van der Waals surface area contributed by atoms with Crippen LogP contribution in [-0.4, -0.2) is 23.3 Å². The molecule has 1 spiro atoms. The maximum atomic E-state index is 9.37. The zero-order chi connectivity index (χ0) is 7.03. The van der Waals surface area contributed by atoms with E-state index in [1.807, 2.05) is 0 Å². The van der Waals surface area contributed by atoms with E-state index in [4.69, 9.17) is 0 Å². The van der Waals surface area contributed by atoms with Gasteiger partial charge in [-0.25, -0.2) is 0 Å². The van der Waals surface area contributed by atoms with Gasteiger partial charge in [-0.1, -0.05) is 0 Å². The lowest BCUT2D eigenvalue weighted by molar-refractivity contribution is 0.0382. The van der Waals surface area contributed by atoms with Crippen LogP contribution in [-0.2, 0) is 0 Å². The smallest absolute Gasteiger partial charge is 0.0569 e. The SMILES string of the molecule is O[C@H]1CCNC2(CCC2)C1.